The molecule has 5 nitrogen and oxygen atoms in total. The van der Waals surface area contributed by atoms with Crippen molar-refractivity contribution in [2.75, 3.05) is 18.0 Å². The van der Waals surface area contributed by atoms with Gasteiger partial charge in [0.25, 0.3) is 0 Å². The van der Waals surface area contributed by atoms with Crippen molar-refractivity contribution in [3.05, 3.63) is 11.1 Å². The summed E-state index contributed by atoms with van der Waals surface area (Å²) in [5.74, 6) is 0.556. The zero-order valence-corrected chi connectivity index (χ0v) is 12.1. The Morgan fingerprint density at radius 2 is 2.37 bits per heavy atom. The molecule has 0 unspecified atom stereocenters. The van der Waals surface area contributed by atoms with Gasteiger partial charge < -0.3 is 5.32 Å². The van der Waals surface area contributed by atoms with Crippen LogP contribution in [-0.4, -0.2) is 29.9 Å². The number of aromatic nitrogens is 1. The van der Waals surface area contributed by atoms with Gasteiger partial charge in [-0.15, -0.1) is 11.3 Å². The maximum absolute atomic E-state index is 11.7. The number of rotatable bonds is 5. The first kappa shape index (κ1) is 14.0. The smallest absolute Gasteiger partial charge is 0.228 e. The van der Waals surface area contributed by atoms with Gasteiger partial charge in [-0.25, -0.2) is 4.98 Å². The molecule has 19 heavy (non-hydrogen) atoms. The van der Waals surface area contributed by atoms with E-state index in [1.807, 2.05) is 5.38 Å². The molecular weight excluding hydrogens is 262 g/mol. The Hall–Kier alpha value is -1.43. The second-order valence-corrected chi connectivity index (χ2v) is 5.98. The van der Waals surface area contributed by atoms with Crippen LogP contribution in [-0.2, 0) is 16.0 Å². The van der Waals surface area contributed by atoms with E-state index in [2.05, 4.69) is 24.1 Å². The van der Waals surface area contributed by atoms with E-state index in [9.17, 15) is 9.59 Å². The molecule has 0 saturated carbocycles. The summed E-state index contributed by atoms with van der Waals surface area (Å²) in [5.41, 5.74) is 0.737. The van der Waals surface area contributed by atoms with Gasteiger partial charge in [-0.1, -0.05) is 13.8 Å². The molecule has 2 amide bonds. The topological polar surface area (TPSA) is 62.3 Å². The lowest BCUT2D eigenvalue weighted by Gasteiger charge is -2.10. The van der Waals surface area contributed by atoms with E-state index in [1.54, 1.807) is 4.90 Å². The molecule has 1 saturated heterocycles. The molecule has 2 rings (SSSR count). The molecule has 0 aromatic carbocycles. The van der Waals surface area contributed by atoms with Crippen LogP contribution in [0.15, 0.2) is 5.38 Å². The number of nitrogens with one attached hydrogen (secondary N) is 1. The van der Waals surface area contributed by atoms with Gasteiger partial charge in [-0.05, 0) is 12.3 Å². The first-order valence-corrected chi connectivity index (χ1v) is 7.45. The van der Waals surface area contributed by atoms with Crippen molar-refractivity contribution in [3.8, 4) is 0 Å². The Morgan fingerprint density at radius 3 is 3.00 bits per heavy atom. The Labute approximate surface area is 117 Å². The van der Waals surface area contributed by atoms with Crippen LogP contribution < -0.4 is 10.2 Å². The highest BCUT2D eigenvalue weighted by Gasteiger charge is 2.24. The molecule has 1 aliphatic heterocycles. The molecule has 1 fully saturated rings. The average Bonchev–Trinajstić information content (AvgIpc) is 2.95. The number of anilines is 1. The van der Waals surface area contributed by atoms with Gasteiger partial charge in [0.1, 0.15) is 0 Å². The zero-order chi connectivity index (χ0) is 13.8. The molecule has 6 heteroatoms. The third-order valence-corrected chi connectivity index (χ3v) is 3.81. The van der Waals surface area contributed by atoms with Crippen LogP contribution in [0.5, 0.6) is 0 Å². The van der Waals surface area contributed by atoms with E-state index in [4.69, 9.17) is 0 Å². The van der Waals surface area contributed by atoms with Gasteiger partial charge in [0.15, 0.2) is 5.13 Å². The van der Waals surface area contributed by atoms with Gasteiger partial charge in [-0.3, -0.25) is 14.5 Å². The Morgan fingerprint density at radius 1 is 1.58 bits per heavy atom. The van der Waals surface area contributed by atoms with E-state index < -0.39 is 0 Å². The van der Waals surface area contributed by atoms with Gasteiger partial charge in [0.05, 0.1) is 12.1 Å². The summed E-state index contributed by atoms with van der Waals surface area (Å²) in [6.45, 7) is 5.53. The monoisotopic (exact) mass is 281 g/mol. The van der Waals surface area contributed by atoms with Gasteiger partial charge >= 0.3 is 0 Å². The number of carbonyl (C=O) groups is 2. The number of amides is 2. The zero-order valence-electron chi connectivity index (χ0n) is 11.3. The van der Waals surface area contributed by atoms with Crippen LogP contribution in [0.1, 0.15) is 32.4 Å². The van der Waals surface area contributed by atoms with Crippen molar-refractivity contribution in [1.82, 2.24) is 10.3 Å². The lowest BCUT2D eigenvalue weighted by atomic mass is 10.2. The SMILES string of the molecule is CC(C)CNC(=O)Cc1csc(N2CCCC2=O)n1. The van der Waals surface area contributed by atoms with Crippen LogP contribution in [0, 0.1) is 5.92 Å². The molecule has 1 aliphatic rings. The Bertz CT molecular complexity index is 470. The number of hydrogen-bond acceptors (Lipinski definition) is 4. The first-order chi connectivity index (χ1) is 9.06. The van der Waals surface area contributed by atoms with E-state index in [0.29, 0.717) is 24.0 Å². The molecule has 0 spiro atoms. The minimum atomic E-state index is -0.0155. The maximum atomic E-state index is 11.7. The average molecular weight is 281 g/mol. The molecule has 1 aromatic rings. The highest BCUT2D eigenvalue weighted by molar-refractivity contribution is 7.14. The Kier molecular flexibility index (Phi) is 4.52. The normalized spacial score (nSPS) is 15.3. The summed E-state index contributed by atoms with van der Waals surface area (Å²) in [7, 11) is 0. The lowest BCUT2D eigenvalue weighted by molar-refractivity contribution is -0.120. The molecule has 0 aliphatic carbocycles. The van der Waals surface area contributed by atoms with E-state index in [-0.39, 0.29) is 18.2 Å². The highest BCUT2D eigenvalue weighted by Crippen LogP contribution is 2.25. The summed E-state index contributed by atoms with van der Waals surface area (Å²) >= 11 is 1.43. The van der Waals surface area contributed by atoms with Crippen molar-refractivity contribution in [2.45, 2.75) is 33.1 Å². The number of carbonyl (C=O) groups excluding carboxylic acids is 2. The fourth-order valence-electron chi connectivity index (χ4n) is 1.90. The molecule has 1 N–H and O–H groups in total. The molecule has 0 bridgehead atoms. The van der Waals surface area contributed by atoms with Crippen molar-refractivity contribution in [3.63, 3.8) is 0 Å². The molecule has 1 aromatic heterocycles. The fourth-order valence-corrected chi connectivity index (χ4v) is 2.76. The fraction of sp³-hybridized carbons (Fsp3) is 0.615. The highest BCUT2D eigenvalue weighted by atomic mass is 32.1. The second-order valence-electron chi connectivity index (χ2n) is 5.15. The first-order valence-electron chi connectivity index (χ1n) is 6.57. The van der Waals surface area contributed by atoms with E-state index in [1.165, 1.54) is 11.3 Å². The van der Waals surface area contributed by atoms with Crippen LogP contribution in [0.4, 0.5) is 5.13 Å². The quantitative estimate of drug-likeness (QED) is 0.891. The number of nitrogens with zero attached hydrogens (tertiary/aromatic N) is 2. The van der Waals surface area contributed by atoms with Crippen molar-refractivity contribution in [1.29, 1.82) is 0 Å². The minimum absolute atomic E-state index is 0.0155. The third-order valence-electron chi connectivity index (χ3n) is 2.89. The summed E-state index contributed by atoms with van der Waals surface area (Å²) in [6, 6.07) is 0. The summed E-state index contributed by atoms with van der Waals surface area (Å²) < 4.78 is 0. The summed E-state index contributed by atoms with van der Waals surface area (Å²) in [4.78, 5) is 29.4. The minimum Gasteiger partial charge on any atom is -0.356 e. The number of hydrogen-bond donors (Lipinski definition) is 1. The molecule has 0 atom stereocenters. The molecule has 2 heterocycles. The van der Waals surface area contributed by atoms with Crippen LogP contribution >= 0.6 is 11.3 Å². The standard InChI is InChI=1S/C13H19N3O2S/c1-9(2)7-14-11(17)6-10-8-19-13(15-10)16-5-3-4-12(16)18/h8-9H,3-7H2,1-2H3,(H,14,17). The Balaban J connectivity index is 1.90. The van der Waals surface area contributed by atoms with E-state index in [0.717, 1.165) is 18.7 Å². The molecule has 0 radical (unpaired) electrons. The predicted molar refractivity (Wildman–Crippen MR) is 75.3 cm³/mol. The summed E-state index contributed by atoms with van der Waals surface area (Å²) in [6.07, 6.45) is 1.78. The van der Waals surface area contributed by atoms with Crippen molar-refractivity contribution in [2.24, 2.45) is 5.92 Å². The third kappa shape index (κ3) is 3.76. The summed E-state index contributed by atoms with van der Waals surface area (Å²) in [5, 5.41) is 5.44. The lowest BCUT2D eigenvalue weighted by Crippen LogP contribution is -2.29. The van der Waals surface area contributed by atoms with Crippen molar-refractivity contribution >= 4 is 28.3 Å². The van der Waals surface area contributed by atoms with Gasteiger partial charge in [0.2, 0.25) is 11.8 Å². The predicted octanol–water partition coefficient (Wildman–Crippen LogP) is 1.58. The van der Waals surface area contributed by atoms with Gasteiger partial charge in [0, 0.05) is 24.9 Å². The van der Waals surface area contributed by atoms with E-state index >= 15 is 0 Å². The molecule has 104 valence electrons. The molecular formula is C13H19N3O2S. The van der Waals surface area contributed by atoms with Crippen LogP contribution in [0.2, 0.25) is 0 Å². The second kappa shape index (κ2) is 6.14. The van der Waals surface area contributed by atoms with Gasteiger partial charge in [-0.2, -0.15) is 0 Å². The van der Waals surface area contributed by atoms with Crippen molar-refractivity contribution < 1.29 is 9.59 Å². The number of thiazole rings is 1. The largest absolute Gasteiger partial charge is 0.356 e. The van der Waals surface area contributed by atoms with Crippen LogP contribution in [0.3, 0.4) is 0 Å². The maximum Gasteiger partial charge on any atom is 0.228 e. The van der Waals surface area contributed by atoms with Crippen LogP contribution in [0.25, 0.3) is 0 Å².